The van der Waals surface area contributed by atoms with Crippen molar-refractivity contribution < 1.29 is 0 Å². The normalized spacial score (nSPS) is 14.4. The Labute approximate surface area is 162 Å². The van der Waals surface area contributed by atoms with Crippen LogP contribution in [-0.2, 0) is 6.54 Å². The largest absolute Gasteiger partial charge is 0.362 e. The molecule has 0 saturated carbocycles. The molecule has 0 N–H and O–H groups in total. The summed E-state index contributed by atoms with van der Waals surface area (Å²) in [5.41, 5.74) is 3.45. The molecule has 25 heavy (non-hydrogen) atoms. The molecule has 1 aliphatic rings. The van der Waals surface area contributed by atoms with Crippen LogP contribution >= 0.6 is 35.4 Å². The summed E-state index contributed by atoms with van der Waals surface area (Å²) in [4.78, 5) is 3.28. The molecule has 0 aliphatic carbocycles. The van der Waals surface area contributed by atoms with Gasteiger partial charge in [-0.25, -0.2) is 0 Å². The van der Waals surface area contributed by atoms with Crippen molar-refractivity contribution in [1.29, 1.82) is 0 Å². The molecule has 0 radical (unpaired) electrons. The highest BCUT2D eigenvalue weighted by molar-refractivity contribution is 7.80. The highest BCUT2D eigenvalue weighted by atomic mass is 35.5. The average Bonchev–Trinajstić information content (AvgIpc) is 3.26. The quantitative estimate of drug-likeness (QED) is 0.526. The summed E-state index contributed by atoms with van der Waals surface area (Å²) in [7, 11) is 0. The van der Waals surface area contributed by atoms with Gasteiger partial charge in [-0.1, -0.05) is 59.7 Å². The first kappa shape index (κ1) is 16.9. The summed E-state index contributed by atoms with van der Waals surface area (Å²) >= 11 is 18.0. The van der Waals surface area contributed by atoms with Crippen LogP contribution in [-0.4, -0.2) is 27.5 Å². The van der Waals surface area contributed by atoms with Crippen LogP contribution in [0.15, 0.2) is 48.7 Å². The van der Waals surface area contributed by atoms with Gasteiger partial charge in [-0.2, -0.15) is 0 Å². The van der Waals surface area contributed by atoms with Crippen molar-refractivity contribution in [1.82, 2.24) is 9.47 Å². The van der Waals surface area contributed by atoms with Crippen LogP contribution in [0.25, 0.3) is 10.9 Å². The van der Waals surface area contributed by atoms with Crippen LogP contribution in [0.1, 0.15) is 24.0 Å². The molecule has 0 unspecified atom stereocenters. The van der Waals surface area contributed by atoms with Gasteiger partial charge in [0.05, 0.1) is 10.0 Å². The van der Waals surface area contributed by atoms with Crippen molar-refractivity contribution in [3.05, 3.63) is 69.8 Å². The predicted molar refractivity (Wildman–Crippen MR) is 110 cm³/mol. The third kappa shape index (κ3) is 3.29. The molecule has 3 aromatic rings. The number of fused-ring (bicyclic) bond motifs is 1. The van der Waals surface area contributed by atoms with E-state index < -0.39 is 0 Å². The molecule has 128 valence electrons. The number of para-hydroxylation sites is 1. The SMILES string of the molecule is S=C(c1cn(Cc2ccc(Cl)c(Cl)c2)c2ccccc12)N1CCCC1. The maximum Gasteiger partial charge on any atom is 0.111 e. The van der Waals surface area contributed by atoms with E-state index in [0.29, 0.717) is 10.0 Å². The molecule has 0 bridgehead atoms. The van der Waals surface area contributed by atoms with E-state index >= 15 is 0 Å². The Morgan fingerprint density at radius 3 is 2.52 bits per heavy atom. The number of hydrogen-bond acceptors (Lipinski definition) is 1. The van der Waals surface area contributed by atoms with Crippen molar-refractivity contribution in [3.63, 3.8) is 0 Å². The summed E-state index contributed by atoms with van der Waals surface area (Å²) < 4.78 is 2.24. The molecule has 0 spiro atoms. The molecule has 1 fully saturated rings. The Morgan fingerprint density at radius 2 is 1.76 bits per heavy atom. The Bertz CT molecular complexity index is 942. The first-order valence-electron chi connectivity index (χ1n) is 8.44. The minimum Gasteiger partial charge on any atom is -0.362 e. The molecule has 0 amide bonds. The molecule has 0 atom stereocenters. The van der Waals surface area contributed by atoms with Crippen molar-refractivity contribution in [2.75, 3.05) is 13.1 Å². The Kier molecular flexibility index (Phi) is 4.72. The van der Waals surface area contributed by atoms with E-state index in [2.05, 4.69) is 39.9 Å². The number of rotatable bonds is 3. The predicted octanol–water partition coefficient (Wildman–Crippen LogP) is 5.77. The van der Waals surface area contributed by atoms with E-state index in [4.69, 9.17) is 35.4 Å². The molecular formula is C20H18Cl2N2S. The summed E-state index contributed by atoms with van der Waals surface area (Å²) in [6.45, 7) is 2.86. The highest BCUT2D eigenvalue weighted by Crippen LogP contribution is 2.27. The minimum atomic E-state index is 0.582. The summed E-state index contributed by atoms with van der Waals surface area (Å²) in [5, 5.41) is 2.38. The minimum absolute atomic E-state index is 0.582. The van der Waals surface area contributed by atoms with Gasteiger partial charge in [0.2, 0.25) is 0 Å². The van der Waals surface area contributed by atoms with Gasteiger partial charge in [0, 0.05) is 42.3 Å². The number of nitrogens with zero attached hydrogens (tertiary/aromatic N) is 2. The first-order chi connectivity index (χ1) is 12.1. The zero-order valence-corrected chi connectivity index (χ0v) is 16.0. The number of aromatic nitrogens is 1. The van der Waals surface area contributed by atoms with Crippen LogP contribution in [0, 0.1) is 0 Å². The van der Waals surface area contributed by atoms with Crippen LogP contribution in [0.4, 0.5) is 0 Å². The van der Waals surface area contributed by atoms with Gasteiger partial charge in [0.1, 0.15) is 4.99 Å². The standard InChI is InChI=1S/C20H18Cl2N2S/c21-17-8-7-14(11-18(17)22)12-24-13-16(15-5-1-2-6-19(15)24)20(25)23-9-3-4-10-23/h1-2,5-8,11,13H,3-4,9-10,12H2. The fraction of sp³-hybridized carbons (Fsp3) is 0.250. The zero-order chi connectivity index (χ0) is 17.4. The number of hydrogen-bond donors (Lipinski definition) is 0. The molecule has 1 saturated heterocycles. The average molecular weight is 389 g/mol. The molecule has 1 aliphatic heterocycles. The second-order valence-corrected chi connectivity index (χ2v) is 7.64. The smallest absolute Gasteiger partial charge is 0.111 e. The van der Waals surface area contributed by atoms with E-state index in [0.717, 1.165) is 35.7 Å². The number of benzene rings is 2. The van der Waals surface area contributed by atoms with Gasteiger partial charge < -0.3 is 9.47 Å². The third-order valence-electron chi connectivity index (χ3n) is 4.75. The maximum atomic E-state index is 6.17. The molecule has 2 aromatic carbocycles. The Balaban J connectivity index is 1.74. The van der Waals surface area contributed by atoms with Gasteiger partial charge >= 0.3 is 0 Å². The lowest BCUT2D eigenvalue weighted by molar-refractivity contribution is 0.530. The lowest BCUT2D eigenvalue weighted by Crippen LogP contribution is -2.26. The number of likely N-dealkylation sites (tertiary alicyclic amines) is 1. The van der Waals surface area contributed by atoms with E-state index in [1.807, 2.05) is 18.2 Å². The van der Waals surface area contributed by atoms with E-state index in [1.54, 1.807) is 0 Å². The van der Waals surface area contributed by atoms with Crippen LogP contribution in [0.5, 0.6) is 0 Å². The fourth-order valence-corrected chi connectivity index (χ4v) is 4.14. The summed E-state index contributed by atoms with van der Waals surface area (Å²) in [6.07, 6.45) is 4.62. The van der Waals surface area contributed by atoms with E-state index in [9.17, 15) is 0 Å². The van der Waals surface area contributed by atoms with Gasteiger partial charge in [0.25, 0.3) is 0 Å². The van der Waals surface area contributed by atoms with Gasteiger partial charge in [-0.15, -0.1) is 0 Å². The van der Waals surface area contributed by atoms with Crippen molar-refractivity contribution >= 4 is 51.3 Å². The second kappa shape index (κ2) is 6.99. The van der Waals surface area contributed by atoms with Crippen molar-refractivity contribution in [3.8, 4) is 0 Å². The van der Waals surface area contributed by atoms with Crippen LogP contribution in [0.3, 0.4) is 0 Å². The molecule has 4 rings (SSSR count). The lowest BCUT2D eigenvalue weighted by atomic mass is 10.1. The molecule has 1 aromatic heterocycles. The molecular weight excluding hydrogens is 371 g/mol. The number of thiocarbonyl (C=S) groups is 1. The van der Waals surface area contributed by atoms with Gasteiger partial charge in [-0.05, 0) is 36.6 Å². The fourth-order valence-electron chi connectivity index (χ4n) is 3.47. The van der Waals surface area contributed by atoms with E-state index in [1.165, 1.54) is 23.7 Å². The molecule has 5 heteroatoms. The van der Waals surface area contributed by atoms with Gasteiger partial charge in [-0.3, -0.25) is 0 Å². The molecule has 2 nitrogen and oxygen atoms in total. The van der Waals surface area contributed by atoms with Crippen LogP contribution < -0.4 is 0 Å². The second-order valence-electron chi connectivity index (χ2n) is 6.44. The van der Waals surface area contributed by atoms with Crippen molar-refractivity contribution in [2.45, 2.75) is 19.4 Å². The third-order valence-corrected chi connectivity index (χ3v) is 5.97. The van der Waals surface area contributed by atoms with E-state index in [-0.39, 0.29) is 0 Å². The summed E-state index contributed by atoms with van der Waals surface area (Å²) in [6, 6.07) is 14.2. The monoisotopic (exact) mass is 388 g/mol. The topological polar surface area (TPSA) is 8.17 Å². The highest BCUT2D eigenvalue weighted by Gasteiger charge is 2.20. The van der Waals surface area contributed by atoms with Crippen LogP contribution in [0.2, 0.25) is 10.0 Å². The molecule has 2 heterocycles. The number of halogens is 2. The Morgan fingerprint density at radius 1 is 1.00 bits per heavy atom. The lowest BCUT2D eigenvalue weighted by Gasteiger charge is -2.17. The maximum absolute atomic E-state index is 6.17. The summed E-state index contributed by atoms with van der Waals surface area (Å²) in [5.74, 6) is 0. The zero-order valence-electron chi connectivity index (χ0n) is 13.7. The first-order valence-corrected chi connectivity index (χ1v) is 9.61. The van der Waals surface area contributed by atoms with Crippen molar-refractivity contribution in [2.24, 2.45) is 0 Å². The Hall–Kier alpha value is -1.55. The van der Waals surface area contributed by atoms with Gasteiger partial charge in [0.15, 0.2) is 0 Å².